The number of hydrogen-bond acceptors (Lipinski definition) is 4. The molecular weight excluding hydrogens is 404 g/mol. The highest BCUT2D eigenvalue weighted by atomic mass is 16.1. The fraction of sp³-hybridized carbons (Fsp3) is 0. The number of para-hydroxylation sites is 1. The molecule has 2 aromatic carbocycles. The van der Waals surface area contributed by atoms with Crippen molar-refractivity contribution < 1.29 is 0 Å². The van der Waals surface area contributed by atoms with Crippen LogP contribution in [0.1, 0.15) is 0 Å². The van der Waals surface area contributed by atoms with Crippen LogP contribution < -0.4 is 11.4 Å². The summed E-state index contributed by atoms with van der Waals surface area (Å²) in [5, 5.41) is 0.920. The third kappa shape index (κ3) is 3.72. The highest BCUT2D eigenvalue weighted by Crippen LogP contribution is 2.17. The highest BCUT2D eigenvalue weighted by Gasteiger charge is 2.05. The lowest BCUT2D eigenvalue weighted by molar-refractivity contribution is 1.00. The third-order valence-corrected chi connectivity index (χ3v) is 4.96. The second-order valence-electron chi connectivity index (χ2n) is 7.02. The third-order valence-electron chi connectivity index (χ3n) is 4.96. The minimum absolute atomic E-state index is 0.174. The molecule has 0 atom stereocenters. The summed E-state index contributed by atoms with van der Waals surface area (Å²) in [7, 11) is 0. The number of benzene rings is 2. The topological polar surface area (TPSA) is 101 Å². The first kappa shape index (κ1) is 19.3. The number of fused-ring (bicyclic) bond motifs is 2. The Hall–Kier alpha value is -4.72. The van der Waals surface area contributed by atoms with E-state index in [1.807, 2.05) is 77.5 Å². The predicted octanol–water partition coefficient (Wildman–Crippen LogP) is 3.40. The smallest absolute Gasteiger partial charge is 0.314 e. The van der Waals surface area contributed by atoms with E-state index in [0.717, 1.165) is 28.0 Å². The fourth-order valence-corrected chi connectivity index (χ4v) is 3.43. The zero-order valence-electron chi connectivity index (χ0n) is 16.8. The summed E-state index contributed by atoms with van der Waals surface area (Å²) >= 11 is 0. The average Bonchev–Trinajstić information content (AvgIpc) is 3.46. The van der Waals surface area contributed by atoms with E-state index in [-0.39, 0.29) is 11.4 Å². The summed E-state index contributed by atoms with van der Waals surface area (Å²) in [6, 6.07) is 23.3. The molecule has 4 aromatic heterocycles. The molecule has 0 saturated carbocycles. The molecule has 2 N–H and O–H groups in total. The van der Waals surface area contributed by atoms with Crippen LogP contribution in [0.4, 0.5) is 0 Å². The lowest BCUT2D eigenvalue weighted by atomic mass is 10.2. The Kier molecular flexibility index (Phi) is 4.93. The van der Waals surface area contributed by atoms with Crippen LogP contribution in [0.2, 0.25) is 0 Å². The van der Waals surface area contributed by atoms with Gasteiger partial charge in [0, 0.05) is 41.4 Å². The Morgan fingerprint density at radius 1 is 0.844 bits per heavy atom. The molecule has 0 bridgehead atoms. The van der Waals surface area contributed by atoms with E-state index < -0.39 is 0 Å². The molecular formula is C24H18N6O2. The van der Waals surface area contributed by atoms with Gasteiger partial charge in [-0.3, -0.25) is 9.38 Å². The molecule has 0 aliphatic rings. The first-order chi connectivity index (χ1) is 15.7. The van der Waals surface area contributed by atoms with Crippen molar-refractivity contribution in [3.63, 3.8) is 0 Å². The number of aromatic nitrogens is 6. The Morgan fingerprint density at radius 2 is 1.59 bits per heavy atom. The molecule has 32 heavy (non-hydrogen) atoms. The van der Waals surface area contributed by atoms with Crippen molar-refractivity contribution in [1.29, 1.82) is 0 Å². The standard InChI is InChI=1S/2C12H9N3O/c16-12-13-8-9-6-7-15(11(9)14-12)10-4-2-1-3-5-10;16-12-13-7-6-11-14-10(8-15(11)12)9-4-2-1-3-5-9/h1-8H,(H,13,14,16);1-8H,(H,13,16). The van der Waals surface area contributed by atoms with E-state index in [2.05, 4.69) is 19.9 Å². The molecule has 0 radical (unpaired) electrons. The van der Waals surface area contributed by atoms with Crippen LogP contribution in [-0.4, -0.2) is 28.9 Å². The Bertz CT molecular complexity index is 1610. The molecule has 0 aliphatic heterocycles. The van der Waals surface area contributed by atoms with Crippen molar-refractivity contribution >= 4 is 16.7 Å². The van der Waals surface area contributed by atoms with Crippen LogP contribution in [-0.2, 0) is 0 Å². The number of hydrogen-bond donors (Lipinski definition) is 2. The highest BCUT2D eigenvalue weighted by molar-refractivity contribution is 5.76. The zero-order valence-corrected chi connectivity index (χ0v) is 16.8. The lowest BCUT2D eigenvalue weighted by Crippen LogP contribution is -2.13. The van der Waals surface area contributed by atoms with Gasteiger partial charge in [-0.1, -0.05) is 48.5 Å². The average molecular weight is 422 g/mol. The minimum Gasteiger partial charge on any atom is -0.314 e. The van der Waals surface area contributed by atoms with Crippen molar-refractivity contribution in [2.75, 3.05) is 0 Å². The van der Waals surface area contributed by atoms with Gasteiger partial charge in [0.05, 0.1) is 5.69 Å². The molecule has 0 spiro atoms. The van der Waals surface area contributed by atoms with E-state index in [1.54, 1.807) is 24.7 Å². The number of H-pyrrole nitrogens is 2. The number of nitrogens with zero attached hydrogens (tertiary/aromatic N) is 4. The Morgan fingerprint density at radius 3 is 2.34 bits per heavy atom. The second kappa shape index (κ2) is 8.19. The van der Waals surface area contributed by atoms with Gasteiger partial charge >= 0.3 is 11.4 Å². The van der Waals surface area contributed by atoms with Crippen molar-refractivity contribution in [2.24, 2.45) is 0 Å². The maximum Gasteiger partial charge on any atom is 0.346 e. The molecule has 0 fully saturated rings. The van der Waals surface area contributed by atoms with Gasteiger partial charge in [-0.25, -0.2) is 19.6 Å². The van der Waals surface area contributed by atoms with Crippen LogP contribution in [0.25, 0.3) is 33.6 Å². The van der Waals surface area contributed by atoms with Crippen LogP contribution in [0.15, 0.2) is 107 Å². The number of imidazole rings is 1. The molecule has 0 saturated heterocycles. The van der Waals surface area contributed by atoms with Gasteiger partial charge in [0.2, 0.25) is 0 Å². The lowest BCUT2D eigenvalue weighted by Gasteiger charge is -2.03. The van der Waals surface area contributed by atoms with Crippen molar-refractivity contribution in [1.82, 2.24) is 28.9 Å². The largest absolute Gasteiger partial charge is 0.346 e. The molecule has 0 unspecified atom stereocenters. The monoisotopic (exact) mass is 422 g/mol. The van der Waals surface area contributed by atoms with Crippen molar-refractivity contribution in [2.45, 2.75) is 0 Å². The molecule has 4 heterocycles. The first-order valence-electron chi connectivity index (χ1n) is 9.93. The molecule has 8 heteroatoms. The van der Waals surface area contributed by atoms with Gasteiger partial charge in [0.15, 0.2) is 0 Å². The van der Waals surface area contributed by atoms with Gasteiger partial charge in [-0.05, 0) is 24.3 Å². The van der Waals surface area contributed by atoms with Crippen LogP contribution in [0, 0.1) is 0 Å². The Balaban J connectivity index is 0.000000135. The van der Waals surface area contributed by atoms with Crippen LogP contribution >= 0.6 is 0 Å². The zero-order chi connectivity index (χ0) is 21.9. The Labute approximate surface area is 181 Å². The molecule has 6 aromatic rings. The summed E-state index contributed by atoms with van der Waals surface area (Å²) < 4.78 is 3.43. The summed E-state index contributed by atoms with van der Waals surface area (Å²) in [6.45, 7) is 0. The maximum atomic E-state index is 11.5. The van der Waals surface area contributed by atoms with Gasteiger partial charge in [0.25, 0.3) is 0 Å². The van der Waals surface area contributed by atoms with E-state index in [4.69, 9.17) is 0 Å². The molecule has 8 nitrogen and oxygen atoms in total. The fourth-order valence-electron chi connectivity index (χ4n) is 3.43. The van der Waals surface area contributed by atoms with E-state index in [9.17, 15) is 9.59 Å². The van der Waals surface area contributed by atoms with Gasteiger partial charge in [0.1, 0.15) is 11.3 Å². The number of rotatable bonds is 2. The maximum absolute atomic E-state index is 11.5. The van der Waals surface area contributed by atoms with Gasteiger partial charge in [-0.2, -0.15) is 0 Å². The first-order valence-corrected chi connectivity index (χ1v) is 9.93. The second-order valence-corrected chi connectivity index (χ2v) is 7.02. The predicted molar refractivity (Wildman–Crippen MR) is 123 cm³/mol. The van der Waals surface area contributed by atoms with E-state index >= 15 is 0 Å². The van der Waals surface area contributed by atoms with Gasteiger partial charge < -0.3 is 9.55 Å². The SMILES string of the molecule is O=c1[nH]ccc2nc(-c3ccccc3)cn12.O=c1ncc2ccn(-c3ccccc3)c2[nH]1. The quantitative estimate of drug-likeness (QED) is 0.447. The van der Waals surface area contributed by atoms with Gasteiger partial charge in [-0.15, -0.1) is 0 Å². The van der Waals surface area contributed by atoms with Crippen molar-refractivity contribution in [3.8, 4) is 16.9 Å². The molecule has 156 valence electrons. The summed E-state index contributed by atoms with van der Waals surface area (Å²) in [5.41, 5.74) is 3.74. The van der Waals surface area contributed by atoms with E-state index in [0.29, 0.717) is 5.65 Å². The summed E-state index contributed by atoms with van der Waals surface area (Å²) in [6.07, 6.45) is 6.83. The number of aromatic amines is 2. The van der Waals surface area contributed by atoms with Crippen molar-refractivity contribution in [3.05, 3.63) is 119 Å². The molecule has 6 rings (SSSR count). The normalized spacial score (nSPS) is 10.8. The summed E-state index contributed by atoms with van der Waals surface area (Å²) in [5.74, 6) is 0. The number of nitrogens with one attached hydrogen (secondary N) is 2. The summed E-state index contributed by atoms with van der Waals surface area (Å²) in [4.78, 5) is 36.1. The van der Waals surface area contributed by atoms with E-state index in [1.165, 1.54) is 4.40 Å². The van der Waals surface area contributed by atoms with Crippen LogP contribution in [0.5, 0.6) is 0 Å². The minimum atomic E-state index is -0.330. The molecule has 0 amide bonds. The molecule has 0 aliphatic carbocycles. The van der Waals surface area contributed by atoms with Crippen LogP contribution in [0.3, 0.4) is 0 Å².